The molecule has 8 nitrogen and oxygen atoms in total. The third-order valence-corrected chi connectivity index (χ3v) is 7.97. The van der Waals surface area contributed by atoms with Crippen LogP contribution in [0.25, 0.3) is 0 Å². The molecule has 0 aliphatic carbocycles. The van der Waals surface area contributed by atoms with Gasteiger partial charge in [0, 0.05) is 36.8 Å². The molecule has 0 bridgehead atoms. The van der Waals surface area contributed by atoms with Crippen LogP contribution in [-0.2, 0) is 32.5 Å². The number of rotatable bonds is 7. The van der Waals surface area contributed by atoms with Gasteiger partial charge in [0.15, 0.2) is 0 Å². The van der Waals surface area contributed by atoms with Crippen LogP contribution in [0.4, 0.5) is 10.5 Å². The van der Waals surface area contributed by atoms with Crippen molar-refractivity contribution in [2.45, 2.75) is 57.2 Å². The molecule has 2 aliphatic heterocycles. The molecule has 2 N–H and O–H groups in total. The first kappa shape index (κ1) is 27.1. The highest BCUT2D eigenvalue weighted by Crippen LogP contribution is 2.47. The lowest BCUT2D eigenvalue weighted by atomic mass is 9.74. The van der Waals surface area contributed by atoms with E-state index in [1.807, 2.05) is 78.5 Å². The zero-order valence-corrected chi connectivity index (χ0v) is 23.0. The molecule has 2 aromatic rings. The number of nitrogens with zero attached hydrogens (tertiary/aromatic N) is 2. The van der Waals surface area contributed by atoms with Crippen molar-refractivity contribution >= 4 is 28.6 Å². The highest BCUT2D eigenvalue weighted by atomic mass is 32.2. The van der Waals surface area contributed by atoms with Gasteiger partial charge in [-0.15, -0.1) is 0 Å². The third kappa shape index (κ3) is 6.51. The Morgan fingerprint density at radius 1 is 1.05 bits per heavy atom. The first-order valence-corrected chi connectivity index (χ1v) is 14.3. The Morgan fingerprint density at radius 2 is 1.70 bits per heavy atom. The summed E-state index contributed by atoms with van der Waals surface area (Å²) in [4.78, 5) is 28.1. The van der Waals surface area contributed by atoms with E-state index in [1.165, 1.54) is 5.56 Å². The molecule has 4 rings (SSSR count). The molecule has 200 valence electrons. The van der Waals surface area contributed by atoms with Gasteiger partial charge in [-0.1, -0.05) is 48.5 Å². The summed E-state index contributed by atoms with van der Waals surface area (Å²) in [5, 5.41) is 5.71. The van der Waals surface area contributed by atoms with Crippen LogP contribution in [-0.4, -0.2) is 65.1 Å². The Labute approximate surface area is 222 Å². The van der Waals surface area contributed by atoms with Gasteiger partial charge in [0.1, 0.15) is 17.0 Å². The lowest BCUT2D eigenvalue weighted by Crippen LogP contribution is -2.58. The third-order valence-electron chi connectivity index (χ3n) is 7.02. The van der Waals surface area contributed by atoms with Crippen molar-refractivity contribution in [1.82, 2.24) is 15.5 Å². The fraction of sp³-hybridized carbons (Fsp3) is 0.500. The van der Waals surface area contributed by atoms with E-state index in [0.29, 0.717) is 26.2 Å². The van der Waals surface area contributed by atoms with E-state index in [2.05, 4.69) is 16.7 Å². The van der Waals surface area contributed by atoms with Crippen LogP contribution < -0.4 is 14.9 Å². The molecule has 2 aliphatic rings. The SMILES string of the molecule is CS(=O)N1CC2(CCN(C(=O)C(COCc3ccccc3)NC(=O)NC(C)(C)C)CC2)c2ccccc21. The van der Waals surface area contributed by atoms with Gasteiger partial charge in [0.05, 0.1) is 18.9 Å². The maximum absolute atomic E-state index is 13.6. The number of ether oxygens (including phenoxy) is 1. The van der Waals surface area contributed by atoms with E-state index in [9.17, 15) is 13.8 Å². The first-order chi connectivity index (χ1) is 17.6. The zero-order valence-electron chi connectivity index (χ0n) is 22.2. The van der Waals surface area contributed by atoms with Crippen molar-refractivity contribution in [3.05, 3.63) is 65.7 Å². The number of piperidine rings is 1. The Hall–Kier alpha value is -2.91. The predicted octanol–water partition coefficient (Wildman–Crippen LogP) is 3.34. The molecule has 2 unspecified atom stereocenters. The van der Waals surface area contributed by atoms with Crippen LogP contribution in [0.1, 0.15) is 44.7 Å². The molecule has 3 amide bonds. The lowest BCUT2D eigenvalue weighted by Gasteiger charge is -2.41. The summed E-state index contributed by atoms with van der Waals surface area (Å²) < 4.78 is 20.3. The molecule has 0 radical (unpaired) electrons. The van der Waals surface area contributed by atoms with E-state index in [1.54, 1.807) is 6.26 Å². The Morgan fingerprint density at radius 3 is 2.35 bits per heavy atom. The average molecular weight is 527 g/mol. The number of benzene rings is 2. The van der Waals surface area contributed by atoms with Gasteiger partial charge in [0.25, 0.3) is 0 Å². The van der Waals surface area contributed by atoms with Crippen molar-refractivity contribution < 1.29 is 18.5 Å². The summed E-state index contributed by atoms with van der Waals surface area (Å²) in [5.74, 6) is -0.144. The minimum atomic E-state index is -1.11. The smallest absolute Gasteiger partial charge is 0.315 e. The fourth-order valence-electron chi connectivity index (χ4n) is 5.20. The summed E-state index contributed by atoms with van der Waals surface area (Å²) in [6.07, 6.45) is 3.26. The predicted molar refractivity (Wildman–Crippen MR) is 147 cm³/mol. The van der Waals surface area contributed by atoms with Crippen LogP contribution >= 0.6 is 0 Å². The number of carbonyl (C=O) groups is 2. The second-order valence-corrected chi connectivity index (χ2v) is 12.3. The molecular formula is C28H38N4O4S. The molecule has 2 atom stereocenters. The lowest BCUT2D eigenvalue weighted by molar-refractivity contribution is -0.136. The number of likely N-dealkylation sites (tertiary alicyclic amines) is 1. The fourth-order valence-corrected chi connectivity index (χ4v) is 6.06. The first-order valence-electron chi connectivity index (χ1n) is 12.8. The maximum atomic E-state index is 13.6. The summed E-state index contributed by atoms with van der Waals surface area (Å²) in [6, 6.07) is 16.7. The van der Waals surface area contributed by atoms with E-state index in [0.717, 1.165) is 24.1 Å². The molecule has 0 aromatic heterocycles. The summed E-state index contributed by atoms with van der Waals surface area (Å²) in [7, 11) is -1.11. The van der Waals surface area contributed by atoms with Crippen molar-refractivity contribution in [3.63, 3.8) is 0 Å². The second kappa shape index (κ2) is 11.2. The van der Waals surface area contributed by atoms with E-state index in [-0.39, 0.29) is 17.9 Å². The normalized spacial score (nSPS) is 18.3. The minimum absolute atomic E-state index is 0.0817. The molecule has 37 heavy (non-hydrogen) atoms. The Balaban J connectivity index is 1.43. The van der Waals surface area contributed by atoms with Crippen LogP contribution in [0, 0.1) is 0 Å². The summed E-state index contributed by atoms with van der Waals surface area (Å²) in [6.45, 7) is 7.94. The number of fused-ring (bicyclic) bond motifs is 2. The van der Waals surface area contributed by atoms with Crippen molar-refractivity contribution in [2.24, 2.45) is 0 Å². The van der Waals surface area contributed by atoms with Gasteiger partial charge >= 0.3 is 6.03 Å². The number of carbonyl (C=O) groups excluding carboxylic acids is 2. The molecule has 2 aromatic carbocycles. The Kier molecular flexibility index (Phi) is 8.23. The second-order valence-electron chi connectivity index (χ2n) is 11.0. The van der Waals surface area contributed by atoms with Gasteiger partial charge in [-0.2, -0.15) is 0 Å². The van der Waals surface area contributed by atoms with Gasteiger partial charge in [-0.05, 0) is 50.8 Å². The molecular weight excluding hydrogens is 488 g/mol. The van der Waals surface area contributed by atoms with Gasteiger partial charge < -0.3 is 20.3 Å². The number of para-hydroxylation sites is 1. The van der Waals surface area contributed by atoms with Crippen LogP contribution in [0.3, 0.4) is 0 Å². The number of hydrogen-bond acceptors (Lipinski definition) is 4. The van der Waals surface area contributed by atoms with E-state index in [4.69, 9.17) is 4.74 Å². The topological polar surface area (TPSA) is 91.0 Å². The van der Waals surface area contributed by atoms with Gasteiger partial charge in [-0.25, -0.2) is 9.00 Å². The zero-order chi connectivity index (χ0) is 26.6. The molecule has 2 heterocycles. The van der Waals surface area contributed by atoms with Gasteiger partial charge in [0.2, 0.25) is 5.91 Å². The average Bonchev–Trinajstić information content (AvgIpc) is 3.17. The van der Waals surface area contributed by atoms with E-state index >= 15 is 0 Å². The molecule has 1 saturated heterocycles. The van der Waals surface area contributed by atoms with Crippen molar-refractivity contribution in [3.8, 4) is 0 Å². The van der Waals surface area contributed by atoms with Crippen LogP contribution in [0.15, 0.2) is 54.6 Å². The highest BCUT2D eigenvalue weighted by molar-refractivity contribution is 7.85. The monoisotopic (exact) mass is 526 g/mol. The number of urea groups is 1. The highest BCUT2D eigenvalue weighted by Gasteiger charge is 2.46. The molecule has 1 spiro atoms. The molecule has 9 heteroatoms. The Bertz CT molecular complexity index is 1130. The molecule has 1 fully saturated rings. The van der Waals surface area contributed by atoms with Crippen LogP contribution in [0.5, 0.6) is 0 Å². The standard InChI is InChI=1S/C28H38N4O4S/c1-27(2,3)30-26(34)29-23(19-36-18-21-10-6-5-7-11-21)25(33)31-16-14-28(15-17-31)20-32(37(4)35)24-13-9-8-12-22(24)28/h5-13,23H,14-20H2,1-4H3,(H2,29,30,34). The van der Waals surface area contributed by atoms with Crippen molar-refractivity contribution in [2.75, 3.05) is 36.8 Å². The summed E-state index contributed by atoms with van der Waals surface area (Å²) in [5.41, 5.74) is 2.68. The van der Waals surface area contributed by atoms with Crippen molar-refractivity contribution in [1.29, 1.82) is 0 Å². The number of amides is 3. The quantitative estimate of drug-likeness (QED) is 0.579. The van der Waals surface area contributed by atoms with Gasteiger partial charge in [-0.3, -0.25) is 9.10 Å². The molecule has 0 saturated carbocycles. The number of hydrogen-bond donors (Lipinski definition) is 2. The summed E-state index contributed by atoms with van der Waals surface area (Å²) >= 11 is 0. The minimum Gasteiger partial charge on any atom is -0.374 e. The maximum Gasteiger partial charge on any atom is 0.315 e. The number of anilines is 1. The van der Waals surface area contributed by atoms with Crippen LogP contribution in [0.2, 0.25) is 0 Å². The largest absolute Gasteiger partial charge is 0.374 e. The number of nitrogens with one attached hydrogen (secondary N) is 2. The van der Waals surface area contributed by atoms with E-state index < -0.39 is 28.6 Å².